The summed E-state index contributed by atoms with van der Waals surface area (Å²) in [6.07, 6.45) is 2.60. The van der Waals surface area contributed by atoms with E-state index >= 15 is 0 Å². The quantitative estimate of drug-likeness (QED) is 0.642. The summed E-state index contributed by atoms with van der Waals surface area (Å²) >= 11 is 0. The topological polar surface area (TPSA) is 0 Å². The second-order valence-electron chi connectivity index (χ2n) is 3.68. The number of aryl methyl sites for hydroxylation is 2. The molecule has 0 unspecified atom stereocenters. The lowest BCUT2D eigenvalue weighted by Gasteiger charge is -2.13. The van der Waals surface area contributed by atoms with Crippen LogP contribution in [0.3, 0.4) is 0 Å². The molecule has 1 aromatic rings. The van der Waals surface area contributed by atoms with Gasteiger partial charge in [0.15, 0.2) is 0 Å². The van der Waals surface area contributed by atoms with Crippen LogP contribution in [-0.2, 0) is 6.42 Å². The molecule has 0 heterocycles. The van der Waals surface area contributed by atoms with E-state index in [1.165, 1.54) is 27.8 Å². The first-order chi connectivity index (χ1) is 6.07. The van der Waals surface area contributed by atoms with Crippen LogP contribution in [0.4, 0.5) is 0 Å². The van der Waals surface area contributed by atoms with Gasteiger partial charge in [0, 0.05) is 0 Å². The third kappa shape index (κ3) is 1.82. The monoisotopic (exact) mass is 173 g/mol. The van der Waals surface area contributed by atoms with Gasteiger partial charge in [0.05, 0.1) is 0 Å². The van der Waals surface area contributed by atoms with Crippen molar-refractivity contribution in [2.24, 2.45) is 0 Å². The molecule has 0 spiro atoms. The molecule has 0 N–H and O–H groups in total. The molecule has 0 aliphatic heterocycles. The highest BCUT2D eigenvalue weighted by molar-refractivity contribution is 5.44. The minimum atomic E-state index is 0.874. The fourth-order valence-corrected chi connectivity index (χ4v) is 1.77. The van der Waals surface area contributed by atoms with Gasteiger partial charge in [-0.1, -0.05) is 18.7 Å². The van der Waals surface area contributed by atoms with Crippen molar-refractivity contribution >= 4 is 0 Å². The van der Waals surface area contributed by atoms with Crippen LogP contribution in [0, 0.1) is 34.3 Å². The van der Waals surface area contributed by atoms with E-state index in [1.807, 2.05) is 0 Å². The molecule has 0 amide bonds. The molecule has 0 nitrogen and oxygen atoms in total. The Hall–Kier alpha value is -1.04. The molecule has 0 aliphatic carbocycles. The first kappa shape index (κ1) is 10.0. The van der Waals surface area contributed by atoms with Crippen LogP contribution < -0.4 is 0 Å². The van der Waals surface area contributed by atoms with Crippen molar-refractivity contribution in [3.63, 3.8) is 0 Å². The molecule has 1 aromatic carbocycles. The van der Waals surface area contributed by atoms with Crippen LogP contribution in [0.25, 0.3) is 0 Å². The summed E-state index contributed by atoms with van der Waals surface area (Å²) in [7, 11) is 0. The lowest BCUT2D eigenvalue weighted by molar-refractivity contribution is 1.12. The second kappa shape index (κ2) is 3.78. The Bertz CT molecular complexity index is 332. The highest BCUT2D eigenvalue weighted by atomic mass is 14.1. The Balaban J connectivity index is 3.34. The molecule has 0 bridgehead atoms. The summed E-state index contributed by atoms with van der Waals surface area (Å²) in [6, 6.07) is 2.24. The zero-order valence-corrected chi connectivity index (χ0v) is 8.94. The van der Waals surface area contributed by atoms with Crippen LogP contribution in [0.15, 0.2) is 12.1 Å². The molecule has 0 heteroatoms. The molecule has 1 radical (unpaired) electrons. The summed E-state index contributed by atoms with van der Waals surface area (Å²) in [5, 5.41) is 0. The van der Waals surface area contributed by atoms with E-state index < -0.39 is 0 Å². The molecule has 0 saturated carbocycles. The zero-order valence-electron chi connectivity index (χ0n) is 8.94. The molecular weight excluding hydrogens is 156 g/mol. The molecule has 13 heavy (non-hydrogen) atoms. The zero-order chi connectivity index (χ0) is 10.0. The summed E-state index contributed by atoms with van der Waals surface area (Å²) < 4.78 is 0. The SMILES string of the molecule is [CH]=CCc1c(C)cc(C)c(C)c1C. The average molecular weight is 173 g/mol. The van der Waals surface area contributed by atoms with Gasteiger partial charge in [-0.3, -0.25) is 0 Å². The maximum absolute atomic E-state index is 5.46. The maximum Gasteiger partial charge on any atom is -0.00890 e. The smallest absolute Gasteiger partial charge is 0.00890 e. The minimum absolute atomic E-state index is 0.874. The molecule has 0 aromatic heterocycles. The van der Waals surface area contributed by atoms with E-state index in [4.69, 9.17) is 6.58 Å². The number of hydrogen-bond acceptors (Lipinski definition) is 0. The van der Waals surface area contributed by atoms with E-state index in [9.17, 15) is 0 Å². The van der Waals surface area contributed by atoms with Crippen molar-refractivity contribution in [1.29, 1.82) is 0 Å². The van der Waals surface area contributed by atoms with Gasteiger partial charge in [-0.15, -0.1) is 0 Å². The Morgan fingerprint density at radius 1 is 1.08 bits per heavy atom. The Morgan fingerprint density at radius 3 is 2.23 bits per heavy atom. The second-order valence-corrected chi connectivity index (χ2v) is 3.68. The first-order valence-electron chi connectivity index (χ1n) is 4.67. The van der Waals surface area contributed by atoms with Gasteiger partial charge in [-0.2, -0.15) is 0 Å². The van der Waals surface area contributed by atoms with Crippen LogP contribution in [0.5, 0.6) is 0 Å². The maximum atomic E-state index is 5.46. The first-order valence-corrected chi connectivity index (χ1v) is 4.67. The summed E-state index contributed by atoms with van der Waals surface area (Å²) in [6.45, 7) is 14.1. The normalized spacial score (nSPS) is 10.2. The van der Waals surface area contributed by atoms with E-state index in [0.717, 1.165) is 6.42 Å². The predicted molar refractivity (Wildman–Crippen MR) is 58.0 cm³/mol. The van der Waals surface area contributed by atoms with Gasteiger partial charge >= 0.3 is 0 Å². The van der Waals surface area contributed by atoms with Crippen LogP contribution in [0.2, 0.25) is 0 Å². The average Bonchev–Trinajstić information content (AvgIpc) is 2.09. The third-order valence-corrected chi connectivity index (χ3v) is 2.84. The summed E-state index contributed by atoms with van der Waals surface area (Å²) in [4.78, 5) is 0. The van der Waals surface area contributed by atoms with Gasteiger partial charge in [0.2, 0.25) is 0 Å². The molecule has 69 valence electrons. The molecule has 1 rings (SSSR count). The molecule has 0 atom stereocenters. The Kier molecular flexibility index (Phi) is 2.92. The largest absolute Gasteiger partial charge is 0.0801 e. The standard InChI is InChI=1S/C13H17/c1-6-7-13-10(3)8-9(2)11(4)12(13)5/h1,6,8H,7H2,2-5H3. The Labute approximate surface area is 81.3 Å². The summed E-state index contributed by atoms with van der Waals surface area (Å²) in [5.74, 6) is 0. The van der Waals surface area contributed by atoms with Gasteiger partial charge in [-0.25, -0.2) is 0 Å². The van der Waals surface area contributed by atoms with Gasteiger partial charge in [0.25, 0.3) is 0 Å². The molecular formula is C13H17. The highest BCUT2D eigenvalue weighted by Gasteiger charge is 2.05. The van der Waals surface area contributed by atoms with E-state index in [1.54, 1.807) is 6.08 Å². The minimum Gasteiger partial charge on any atom is -0.0801 e. The summed E-state index contributed by atoms with van der Waals surface area (Å²) in [5.41, 5.74) is 6.88. The fourth-order valence-electron chi connectivity index (χ4n) is 1.77. The van der Waals surface area contributed by atoms with Gasteiger partial charge in [0.1, 0.15) is 0 Å². The number of rotatable bonds is 2. The highest BCUT2D eigenvalue weighted by Crippen LogP contribution is 2.21. The van der Waals surface area contributed by atoms with Gasteiger partial charge in [-0.05, 0) is 61.9 Å². The van der Waals surface area contributed by atoms with Crippen molar-refractivity contribution in [3.8, 4) is 0 Å². The van der Waals surface area contributed by atoms with Crippen LogP contribution >= 0.6 is 0 Å². The third-order valence-electron chi connectivity index (χ3n) is 2.84. The Morgan fingerprint density at radius 2 is 1.69 bits per heavy atom. The molecule has 0 fully saturated rings. The van der Waals surface area contributed by atoms with Crippen molar-refractivity contribution in [2.45, 2.75) is 34.1 Å². The van der Waals surface area contributed by atoms with E-state index in [0.29, 0.717) is 0 Å². The number of allylic oxidation sites excluding steroid dienone is 1. The number of benzene rings is 1. The molecule has 0 aliphatic rings. The van der Waals surface area contributed by atoms with Gasteiger partial charge < -0.3 is 0 Å². The van der Waals surface area contributed by atoms with Crippen LogP contribution in [-0.4, -0.2) is 0 Å². The van der Waals surface area contributed by atoms with E-state index in [2.05, 4.69) is 33.8 Å². The lowest BCUT2D eigenvalue weighted by Crippen LogP contribution is -1.97. The van der Waals surface area contributed by atoms with Crippen LogP contribution in [0.1, 0.15) is 27.8 Å². The fraction of sp³-hybridized carbons (Fsp3) is 0.385. The number of hydrogen-bond donors (Lipinski definition) is 0. The van der Waals surface area contributed by atoms with Crippen molar-refractivity contribution < 1.29 is 0 Å². The van der Waals surface area contributed by atoms with Crippen molar-refractivity contribution in [2.75, 3.05) is 0 Å². The molecule has 0 saturated heterocycles. The van der Waals surface area contributed by atoms with Crippen molar-refractivity contribution in [3.05, 3.63) is 46.5 Å². The predicted octanol–water partition coefficient (Wildman–Crippen LogP) is 3.45. The lowest BCUT2D eigenvalue weighted by atomic mass is 9.93. The van der Waals surface area contributed by atoms with Crippen molar-refractivity contribution in [1.82, 2.24) is 0 Å². The van der Waals surface area contributed by atoms with E-state index in [-0.39, 0.29) is 0 Å².